The minimum absolute atomic E-state index is 0.703. The third kappa shape index (κ3) is 1.81. The van der Waals surface area contributed by atoms with Crippen molar-refractivity contribution in [1.29, 1.82) is 0 Å². The summed E-state index contributed by atoms with van der Waals surface area (Å²) in [4.78, 5) is 4.59. The quantitative estimate of drug-likeness (QED) is 0.850. The molecule has 17 heavy (non-hydrogen) atoms. The van der Waals surface area contributed by atoms with Crippen LogP contribution in [0.1, 0.15) is 50.5 Å². The average Bonchev–Trinajstić information content (AvgIpc) is 2.92. The van der Waals surface area contributed by atoms with Crippen LogP contribution < -0.4 is 5.32 Å². The van der Waals surface area contributed by atoms with Gasteiger partial charge in [-0.15, -0.1) is 0 Å². The maximum absolute atomic E-state index is 4.59. The van der Waals surface area contributed by atoms with Crippen molar-refractivity contribution in [2.24, 2.45) is 11.8 Å². The van der Waals surface area contributed by atoms with Crippen molar-refractivity contribution in [1.82, 2.24) is 14.9 Å². The second kappa shape index (κ2) is 4.45. The lowest BCUT2D eigenvalue weighted by atomic mass is 9.93. The van der Waals surface area contributed by atoms with Crippen LogP contribution >= 0.6 is 0 Å². The molecule has 1 aromatic heterocycles. The van der Waals surface area contributed by atoms with Gasteiger partial charge in [-0.25, -0.2) is 4.98 Å². The molecule has 1 N–H and O–H groups in total. The summed E-state index contributed by atoms with van der Waals surface area (Å²) >= 11 is 0. The summed E-state index contributed by atoms with van der Waals surface area (Å²) in [6.07, 6.45) is 7.31. The van der Waals surface area contributed by atoms with Gasteiger partial charge in [0.05, 0.1) is 12.0 Å². The minimum Gasteiger partial charge on any atom is -0.331 e. The van der Waals surface area contributed by atoms with Gasteiger partial charge < -0.3 is 9.88 Å². The third-order valence-electron chi connectivity index (χ3n) is 4.88. The first-order valence-corrected chi connectivity index (χ1v) is 7.06. The lowest BCUT2D eigenvalue weighted by Gasteiger charge is -2.24. The fraction of sp³-hybridized carbons (Fsp3) is 0.786. The predicted molar refractivity (Wildman–Crippen MR) is 68.9 cm³/mol. The van der Waals surface area contributed by atoms with Crippen molar-refractivity contribution in [3.63, 3.8) is 0 Å². The first kappa shape index (κ1) is 11.3. The molecule has 2 aliphatic rings. The Bertz CT molecular complexity index is 396. The molecule has 1 aromatic rings. The zero-order chi connectivity index (χ0) is 11.8. The van der Waals surface area contributed by atoms with Crippen LogP contribution in [0, 0.1) is 11.8 Å². The minimum atomic E-state index is 0.703. The van der Waals surface area contributed by atoms with Gasteiger partial charge in [0.1, 0.15) is 0 Å². The van der Waals surface area contributed by atoms with Crippen molar-refractivity contribution in [2.75, 3.05) is 6.54 Å². The number of hydrogen-bond donors (Lipinski definition) is 1. The summed E-state index contributed by atoms with van der Waals surface area (Å²) in [6.45, 7) is 6.83. The van der Waals surface area contributed by atoms with Crippen LogP contribution in [-0.4, -0.2) is 16.1 Å². The SMILES string of the molecule is CCC1CCC(n2cnc3c2CCNC3)C1C. The molecule has 1 saturated carbocycles. The van der Waals surface area contributed by atoms with E-state index in [1.54, 1.807) is 0 Å². The van der Waals surface area contributed by atoms with Gasteiger partial charge in [-0.1, -0.05) is 20.3 Å². The summed E-state index contributed by atoms with van der Waals surface area (Å²) in [7, 11) is 0. The Balaban J connectivity index is 1.87. The average molecular weight is 233 g/mol. The molecule has 1 aliphatic heterocycles. The molecule has 0 spiro atoms. The van der Waals surface area contributed by atoms with Gasteiger partial charge in [0, 0.05) is 31.2 Å². The number of nitrogens with one attached hydrogen (secondary N) is 1. The molecule has 1 fully saturated rings. The number of imidazole rings is 1. The maximum atomic E-state index is 4.59. The van der Waals surface area contributed by atoms with E-state index < -0.39 is 0 Å². The molecule has 0 amide bonds. The maximum Gasteiger partial charge on any atom is 0.0954 e. The molecule has 3 nitrogen and oxygen atoms in total. The Hall–Kier alpha value is -0.830. The summed E-state index contributed by atoms with van der Waals surface area (Å²) in [5, 5.41) is 3.40. The summed E-state index contributed by atoms with van der Waals surface area (Å²) in [5.74, 6) is 1.73. The fourth-order valence-electron chi connectivity index (χ4n) is 3.74. The van der Waals surface area contributed by atoms with Crippen LogP contribution in [0.3, 0.4) is 0 Å². The monoisotopic (exact) mass is 233 g/mol. The van der Waals surface area contributed by atoms with Crippen molar-refractivity contribution >= 4 is 0 Å². The van der Waals surface area contributed by atoms with Crippen molar-refractivity contribution in [3.8, 4) is 0 Å². The molecule has 3 heteroatoms. The highest BCUT2D eigenvalue weighted by Crippen LogP contribution is 2.42. The highest BCUT2D eigenvalue weighted by molar-refractivity contribution is 5.17. The Morgan fingerprint density at radius 3 is 3.12 bits per heavy atom. The van der Waals surface area contributed by atoms with Gasteiger partial charge in [0.15, 0.2) is 0 Å². The van der Waals surface area contributed by atoms with Crippen LogP contribution in [0.15, 0.2) is 6.33 Å². The number of fused-ring (bicyclic) bond motifs is 1. The van der Waals surface area contributed by atoms with Gasteiger partial charge in [-0.2, -0.15) is 0 Å². The Morgan fingerprint density at radius 2 is 2.35 bits per heavy atom. The standard InChI is InChI=1S/C14H23N3/c1-3-11-4-5-13(10(11)2)17-9-16-12-8-15-7-6-14(12)17/h9-11,13,15H,3-8H2,1-2H3. The molecule has 0 bridgehead atoms. The zero-order valence-corrected chi connectivity index (χ0v) is 10.9. The molecular weight excluding hydrogens is 210 g/mol. The van der Waals surface area contributed by atoms with E-state index in [4.69, 9.17) is 0 Å². The van der Waals surface area contributed by atoms with Gasteiger partial charge in [-0.05, 0) is 24.7 Å². The smallest absolute Gasteiger partial charge is 0.0954 e. The van der Waals surface area contributed by atoms with Crippen LogP contribution in [0.5, 0.6) is 0 Å². The number of rotatable bonds is 2. The fourth-order valence-corrected chi connectivity index (χ4v) is 3.74. The molecule has 1 aliphatic carbocycles. The van der Waals surface area contributed by atoms with E-state index in [9.17, 15) is 0 Å². The van der Waals surface area contributed by atoms with E-state index in [0.29, 0.717) is 6.04 Å². The molecule has 3 unspecified atom stereocenters. The first-order chi connectivity index (χ1) is 8.31. The van der Waals surface area contributed by atoms with E-state index >= 15 is 0 Å². The molecule has 3 rings (SSSR count). The predicted octanol–water partition coefficient (Wildman–Crippen LogP) is 2.53. The highest BCUT2D eigenvalue weighted by atomic mass is 15.1. The Labute approximate surface area is 104 Å². The van der Waals surface area contributed by atoms with Crippen LogP contribution in [0.2, 0.25) is 0 Å². The highest BCUT2D eigenvalue weighted by Gasteiger charge is 2.34. The van der Waals surface area contributed by atoms with Gasteiger partial charge in [-0.3, -0.25) is 0 Å². The van der Waals surface area contributed by atoms with Crippen LogP contribution in [0.4, 0.5) is 0 Å². The molecule has 0 aromatic carbocycles. The number of hydrogen-bond acceptors (Lipinski definition) is 2. The molecule has 0 radical (unpaired) electrons. The lowest BCUT2D eigenvalue weighted by Crippen LogP contribution is -2.26. The summed E-state index contributed by atoms with van der Waals surface area (Å²) in [6, 6.07) is 0.703. The van der Waals surface area contributed by atoms with Gasteiger partial charge in [0.2, 0.25) is 0 Å². The largest absolute Gasteiger partial charge is 0.331 e. The van der Waals surface area contributed by atoms with Crippen molar-refractivity contribution in [2.45, 2.75) is 52.1 Å². The lowest BCUT2D eigenvalue weighted by molar-refractivity contribution is 0.323. The first-order valence-electron chi connectivity index (χ1n) is 7.06. The third-order valence-corrected chi connectivity index (χ3v) is 4.88. The number of nitrogens with zero attached hydrogens (tertiary/aromatic N) is 2. The van der Waals surface area contributed by atoms with Crippen LogP contribution in [-0.2, 0) is 13.0 Å². The summed E-state index contributed by atoms with van der Waals surface area (Å²) in [5.41, 5.74) is 2.78. The molecular formula is C14H23N3. The molecule has 3 atom stereocenters. The van der Waals surface area contributed by atoms with E-state index in [1.165, 1.54) is 30.7 Å². The normalized spacial score (nSPS) is 32.7. The summed E-state index contributed by atoms with van der Waals surface area (Å²) < 4.78 is 2.50. The Kier molecular flexibility index (Phi) is 2.95. The topological polar surface area (TPSA) is 29.9 Å². The van der Waals surface area contributed by atoms with Crippen molar-refractivity contribution < 1.29 is 0 Å². The second-order valence-corrected chi connectivity index (χ2v) is 5.64. The molecule has 0 saturated heterocycles. The second-order valence-electron chi connectivity index (χ2n) is 5.64. The van der Waals surface area contributed by atoms with E-state index in [2.05, 4.69) is 35.0 Å². The van der Waals surface area contributed by atoms with E-state index in [1.807, 2.05) is 0 Å². The molecule has 2 heterocycles. The van der Waals surface area contributed by atoms with E-state index in [-0.39, 0.29) is 0 Å². The van der Waals surface area contributed by atoms with Crippen molar-refractivity contribution in [3.05, 3.63) is 17.7 Å². The number of aromatic nitrogens is 2. The van der Waals surface area contributed by atoms with Gasteiger partial charge in [0.25, 0.3) is 0 Å². The van der Waals surface area contributed by atoms with Crippen LogP contribution in [0.25, 0.3) is 0 Å². The van der Waals surface area contributed by atoms with E-state index in [0.717, 1.165) is 31.3 Å². The zero-order valence-electron chi connectivity index (χ0n) is 10.9. The Morgan fingerprint density at radius 1 is 1.47 bits per heavy atom. The molecule has 94 valence electrons. The van der Waals surface area contributed by atoms with Gasteiger partial charge >= 0.3 is 0 Å².